The summed E-state index contributed by atoms with van der Waals surface area (Å²) in [7, 11) is 0. The summed E-state index contributed by atoms with van der Waals surface area (Å²) in [5.74, 6) is -0.489. The van der Waals surface area contributed by atoms with Crippen LogP contribution < -0.4 is 26.4 Å². The molecule has 0 bridgehead atoms. The minimum Gasteiger partial charge on any atom is -0.461 e. The normalized spacial score (nSPS) is 13.2. The molecule has 5 nitrogen and oxygen atoms in total. The SMILES string of the molecule is CCCCOC(=O)c1c[n+](CC(=O)c2ccccc2)ccn1.FC(F)(F)c1cc([B-](c2cc(C(F)(F)F)cc(C(F)(F)F)c2)(c2cc(C(F)(F)F)cc(C(F)(F)F)c2)c2cc(C(F)(F)F)cc(C(F)(F)F)c2)cc(C(F)(F)F)c1. The molecule has 0 saturated heterocycles. The summed E-state index contributed by atoms with van der Waals surface area (Å²) in [4.78, 5) is 28.0. The van der Waals surface area contributed by atoms with Gasteiger partial charge in [-0.15, -0.1) is 0 Å². The summed E-state index contributed by atoms with van der Waals surface area (Å²) in [5.41, 5.74) is -29.4. The molecule has 426 valence electrons. The fraction of sp³-hybridized carbons (Fsp3) is 0.265. The summed E-state index contributed by atoms with van der Waals surface area (Å²) < 4.78 is 348. The smallest absolute Gasteiger partial charge is 0.416 e. The summed E-state index contributed by atoms with van der Waals surface area (Å²) in [5, 5.41) is 0. The molecule has 0 fully saturated rings. The van der Waals surface area contributed by atoms with Gasteiger partial charge in [-0.1, -0.05) is 92.2 Å². The molecule has 0 N–H and O–H groups in total. The molecule has 1 heterocycles. The number of rotatable bonds is 11. The summed E-state index contributed by atoms with van der Waals surface area (Å²) in [6.07, 6.45) is -48.3. The number of hydrogen-bond donors (Lipinski definition) is 0. The Morgan fingerprint density at radius 2 is 0.747 bits per heavy atom. The van der Waals surface area contributed by atoms with Gasteiger partial charge >= 0.3 is 55.4 Å². The molecule has 0 spiro atoms. The minimum absolute atomic E-state index is 0.0258. The molecule has 79 heavy (non-hydrogen) atoms. The van der Waals surface area contributed by atoms with Gasteiger partial charge in [0, 0.05) is 5.56 Å². The fourth-order valence-electron chi connectivity index (χ4n) is 7.97. The predicted molar refractivity (Wildman–Crippen MR) is 230 cm³/mol. The molecule has 0 aliphatic heterocycles. The molecule has 0 atom stereocenters. The van der Waals surface area contributed by atoms with Crippen LogP contribution in [0.25, 0.3) is 0 Å². The van der Waals surface area contributed by atoms with Crippen LogP contribution >= 0.6 is 0 Å². The first-order valence-corrected chi connectivity index (χ1v) is 21.9. The first-order chi connectivity index (χ1) is 36.0. The number of unbranched alkanes of at least 4 members (excludes halogenated alkanes) is 1. The number of hydrogen-bond acceptors (Lipinski definition) is 4. The van der Waals surface area contributed by atoms with Crippen molar-refractivity contribution < 1.29 is 124 Å². The average molecular weight is 1160 g/mol. The number of benzene rings is 5. The molecule has 5 aromatic carbocycles. The van der Waals surface area contributed by atoms with Crippen molar-refractivity contribution in [3.63, 3.8) is 0 Å². The molecule has 0 aliphatic carbocycles. The van der Waals surface area contributed by atoms with Crippen molar-refractivity contribution in [3.8, 4) is 0 Å². The van der Waals surface area contributed by atoms with Gasteiger partial charge in [-0.3, -0.25) is 4.79 Å². The topological polar surface area (TPSA) is 60.1 Å². The Balaban J connectivity index is 0.000000433. The van der Waals surface area contributed by atoms with Crippen molar-refractivity contribution >= 4 is 39.7 Å². The monoisotopic (exact) mass is 1160 g/mol. The van der Waals surface area contributed by atoms with Gasteiger partial charge in [0.2, 0.25) is 24.2 Å². The molecule has 0 amide bonds. The maximum Gasteiger partial charge on any atom is 0.416 e. The van der Waals surface area contributed by atoms with Crippen molar-refractivity contribution in [2.75, 3.05) is 6.61 Å². The molecule has 0 unspecified atom stereocenters. The van der Waals surface area contributed by atoms with Crippen molar-refractivity contribution in [2.24, 2.45) is 0 Å². The number of ketones is 1. The van der Waals surface area contributed by atoms with E-state index in [9.17, 15) is 115 Å². The van der Waals surface area contributed by atoms with E-state index in [0.717, 1.165) is 12.8 Å². The lowest BCUT2D eigenvalue weighted by Gasteiger charge is -2.46. The predicted octanol–water partition coefficient (Wildman–Crippen LogP) is 13.4. The van der Waals surface area contributed by atoms with E-state index < -0.39 is 201 Å². The van der Waals surface area contributed by atoms with Crippen LogP contribution in [0.4, 0.5) is 105 Å². The number of aromatic nitrogens is 2. The van der Waals surface area contributed by atoms with E-state index in [4.69, 9.17) is 4.74 Å². The number of alkyl halides is 24. The van der Waals surface area contributed by atoms with Crippen LogP contribution in [0.1, 0.15) is 85.1 Å². The number of Topliss-reactive ketones (excluding diaryl/α,β-unsaturated/α-hetero) is 1. The second-order valence-corrected chi connectivity index (χ2v) is 17.1. The molecule has 6 rings (SSSR count). The Labute approximate surface area is 428 Å². The second-order valence-electron chi connectivity index (χ2n) is 17.1. The van der Waals surface area contributed by atoms with E-state index in [0.29, 0.717) is 12.2 Å². The second kappa shape index (κ2) is 22.4. The van der Waals surface area contributed by atoms with E-state index >= 15 is 0 Å². The number of halogens is 24. The summed E-state index contributed by atoms with van der Waals surface area (Å²) in [6.45, 7) is 2.56. The van der Waals surface area contributed by atoms with Gasteiger partial charge in [-0.2, -0.15) is 132 Å². The first-order valence-electron chi connectivity index (χ1n) is 21.9. The number of esters is 1. The largest absolute Gasteiger partial charge is 0.461 e. The van der Waals surface area contributed by atoms with E-state index in [2.05, 4.69) is 4.98 Å². The van der Waals surface area contributed by atoms with Crippen molar-refractivity contribution in [1.82, 2.24) is 4.98 Å². The lowest BCUT2D eigenvalue weighted by Crippen LogP contribution is -2.75. The van der Waals surface area contributed by atoms with Crippen LogP contribution in [0.5, 0.6) is 0 Å². The van der Waals surface area contributed by atoms with Crippen molar-refractivity contribution in [1.29, 1.82) is 0 Å². The highest BCUT2D eigenvalue weighted by atomic mass is 19.4. The Kier molecular flexibility index (Phi) is 17.8. The Morgan fingerprint density at radius 1 is 0.456 bits per heavy atom. The van der Waals surface area contributed by atoms with E-state index in [-0.39, 0.29) is 18.0 Å². The van der Waals surface area contributed by atoms with Crippen LogP contribution in [-0.4, -0.2) is 29.5 Å². The highest BCUT2D eigenvalue weighted by molar-refractivity contribution is 7.20. The van der Waals surface area contributed by atoms with Crippen LogP contribution in [-0.2, 0) is 60.7 Å². The van der Waals surface area contributed by atoms with Gasteiger partial charge in [0.1, 0.15) is 6.15 Å². The van der Waals surface area contributed by atoms with Crippen molar-refractivity contribution in [2.45, 2.75) is 75.7 Å². The molecule has 0 saturated carbocycles. The number of carbonyl (C=O) groups is 2. The lowest BCUT2D eigenvalue weighted by atomic mass is 9.12. The Morgan fingerprint density at radius 3 is 1.01 bits per heavy atom. The number of ether oxygens (including phenoxy) is 1. The van der Waals surface area contributed by atoms with Gasteiger partial charge in [0.25, 0.3) is 0 Å². The summed E-state index contributed by atoms with van der Waals surface area (Å²) in [6, 6.07) is 0.228. The molecule has 1 aromatic heterocycles. The molecule has 30 heteroatoms. The van der Waals surface area contributed by atoms with E-state index in [1.807, 2.05) is 25.1 Å². The highest BCUT2D eigenvalue weighted by Crippen LogP contribution is 2.41. The van der Waals surface area contributed by atoms with E-state index in [1.165, 1.54) is 12.4 Å². The zero-order chi connectivity index (χ0) is 59.7. The molecule has 0 radical (unpaired) electrons. The fourth-order valence-corrected chi connectivity index (χ4v) is 7.97. The lowest BCUT2D eigenvalue weighted by molar-refractivity contribution is -0.683. The Bertz CT molecular complexity index is 2720. The zero-order valence-corrected chi connectivity index (χ0v) is 39.1. The van der Waals surface area contributed by atoms with Crippen LogP contribution in [0.3, 0.4) is 0 Å². The third-order valence-corrected chi connectivity index (χ3v) is 11.6. The quantitative estimate of drug-likeness (QED) is 0.0324. The van der Waals surface area contributed by atoms with Gasteiger partial charge in [-0.05, 0) is 30.7 Å². The minimum atomic E-state index is -6.13. The number of nitrogens with zero attached hydrogens (tertiary/aromatic N) is 2. The maximum atomic E-state index is 14.2. The Hall–Kier alpha value is -7.30. The summed E-state index contributed by atoms with van der Waals surface area (Å²) >= 11 is 0. The van der Waals surface area contributed by atoms with Gasteiger partial charge in [-0.25, -0.2) is 9.78 Å². The van der Waals surface area contributed by atoms with Crippen LogP contribution in [0.15, 0.2) is 122 Å². The van der Waals surface area contributed by atoms with Crippen LogP contribution in [0, 0.1) is 0 Å². The average Bonchev–Trinajstić information content (AvgIpc) is 3.46. The highest BCUT2D eigenvalue weighted by Gasteiger charge is 2.47. The molecular weight excluding hydrogens is 1130 g/mol. The van der Waals surface area contributed by atoms with Crippen molar-refractivity contribution in [3.05, 3.63) is 177 Å². The van der Waals surface area contributed by atoms with Gasteiger partial charge in [0.05, 0.1) is 57.3 Å². The number of carbonyl (C=O) groups excluding carboxylic acids is 2. The van der Waals surface area contributed by atoms with Gasteiger partial charge in [0.15, 0.2) is 6.20 Å². The van der Waals surface area contributed by atoms with Crippen LogP contribution in [0.2, 0.25) is 0 Å². The standard InChI is InChI=1S/C32H12BF24.C17H19N2O3/c34-25(35,36)13-1-14(26(37,38)39)6-21(5-13)33(22-7-15(27(40,41)42)2-16(8-22)28(43,44)45,23-9-17(29(46,47)48)3-18(10-23)30(49,50)51)24-11-19(31(52,53)54)4-20(12-24)32(55,56)57;1-2-3-11-22-17(21)15-12-19(10-9-18-15)13-16(20)14-7-5-4-6-8-14/h1-12H;4-10,12H,2-3,11,13H2,1H3/q-1;+1. The van der Waals surface area contributed by atoms with E-state index in [1.54, 1.807) is 22.9 Å². The van der Waals surface area contributed by atoms with Gasteiger partial charge < -0.3 is 4.74 Å². The third-order valence-electron chi connectivity index (χ3n) is 11.6. The maximum absolute atomic E-state index is 14.2. The molecule has 6 aromatic rings. The first kappa shape index (κ1) is 62.5. The molecule has 0 aliphatic rings. The zero-order valence-electron chi connectivity index (χ0n) is 39.1. The molecular formula is C49H31BF24N2O3. The third kappa shape index (κ3) is 15.3.